The van der Waals surface area contributed by atoms with Crippen LogP contribution >= 0.6 is 11.6 Å². The van der Waals surface area contributed by atoms with Gasteiger partial charge in [0.2, 0.25) is 0 Å². The third-order valence-electron chi connectivity index (χ3n) is 3.92. The number of halogens is 2. The van der Waals surface area contributed by atoms with Gasteiger partial charge >= 0.3 is 5.97 Å². The van der Waals surface area contributed by atoms with Gasteiger partial charge < -0.3 is 5.11 Å². The average molecular weight is 330 g/mol. The Labute approximate surface area is 137 Å². The lowest BCUT2D eigenvalue weighted by molar-refractivity contribution is 0.0697. The zero-order chi connectivity index (χ0) is 16.7. The minimum atomic E-state index is -1.01. The van der Waals surface area contributed by atoms with Crippen molar-refractivity contribution in [1.29, 1.82) is 0 Å². The fourth-order valence-corrected chi connectivity index (χ4v) is 2.92. The second kappa shape index (κ2) is 5.63. The highest BCUT2D eigenvalue weighted by Gasteiger charge is 2.16. The fraction of sp³-hybridized carbons (Fsp3) is 0.111. The summed E-state index contributed by atoms with van der Waals surface area (Å²) < 4.78 is 13.4. The van der Waals surface area contributed by atoms with E-state index in [1.807, 2.05) is 13.8 Å². The molecule has 0 aliphatic carbocycles. The smallest absolute Gasteiger partial charge is 0.335 e. The largest absolute Gasteiger partial charge is 0.478 e. The summed E-state index contributed by atoms with van der Waals surface area (Å²) in [5.74, 6) is -1.43. The average Bonchev–Trinajstić information content (AvgIpc) is 2.49. The van der Waals surface area contributed by atoms with Crippen molar-refractivity contribution in [3.05, 3.63) is 64.1 Å². The molecule has 1 N–H and O–H groups in total. The van der Waals surface area contributed by atoms with E-state index in [1.165, 1.54) is 18.2 Å². The van der Waals surface area contributed by atoms with Crippen LogP contribution in [0.15, 0.2) is 36.4 Å². The lowest BCUT2D eigenvalue weighted by Crippen LogP contribution is -1.99. The van der Waals surface area contributed by atoms with Crippen LogP contribution in [0.4, 0.5) is 4.39 Å². The molecule has 0 saturated carbocycles. The second-order valence-electron chi connectivity index (χ2n) is 5.36. The molecule has 0 spiro atoms. The van der Waals surface area contributed by atoms with Gasteiger partial charge in [-0.15, -0.1) is 0 Å². The maximum Gasteiger partial charge on any atom is 0.335 e. The predicted molar refractivity (Wildman–Crippen MR) is 88.6 cm³/mol. The normalized spacial score (nSPS) is 11.0. The molecule has 3 aromatic rings. The van der Waals surface area contributed by atoms with Crippen LogP contribution in [0, 0.1) is 19.7 Å². The molecule has 1 heterocycles. The summed E-state index contributed by atoms with van der Waals surface area (Å²) in [6, 6.07) is 8.95. The number of hydrogen-bond acceptors (Lipinski definition) is 2. The fourth-order valence-electron chi connectivity index (χ4n) is 2.65. The number of carbonyl (C=O) groups is 1. The van der Waals surface area contributed by atoms with Crippen LogP contribution in [0.1, 0.15) is 21.6 Å². The topological polar surface area (TPSA) is 50.2 Å². The van der Waals surface area contributed by atoms with Gasteiger partial charge in [0.05, 0.1) is 16.1 Å². The van der Waals surface area contributed by atoms with Crippen LogP contribution < -0.4 is 0 Å². The molecule has 5 heteroatoms. The first-order chi connectivity index (χ1) is 10.9. The number of carboxylic acid groups (broad SMARTS) is 1. The van der Waals surface area contributed by atoms with Gasteiger partial charge in [0, 0.05) is 16.6 Å². The zero-order valence-corrected chi connectivity index (χ0v) is 13.3. The maximum atomic E-state index is 13.4. The van der Waals surface area contributed by atoms with E-state index in [-0.39, 0.29) is 10.6 Å². The summed E-state index contributed by atoms with van der Waals surface area (Å²) in [4.78, 5) is 15.8. The quantitative estimate of drug-likeness (QED) is 0.719. The lowest BCUT2D eigenvalue weighted by Gasteiger charge is -2.14. The van der Waals surface area contributed by atoms with Crippen LogP contribution in [-0.2, 0) is 0 Å². The summed E-state index contributed by atoms with van der Waals surface area (Å²) in [6.07, 6.45) is 0. The number of carboxylic acids is 1. The molecule has 0 unspecified atom stereocenters. The number of rotatable bonds is 2. The van der Waals surface area contributed by atoms with Crippen molar-refractivity contribution >= 4 is 28.5 Å². The number of benzene rings is 2. The number of aryl methyl sites for hydroxylation is 1. The molecule has 1 aromatic heterocycles. The Morgan fingerprint density at radius 2 is 1.91 bits per heavy atom. The third-order valence-corrected chi connectivity index (χ3v) is 4.23. The van der Waals surface area contributed by atoms with Gasteiger partial charge in [-0.25, -0.2) is 9.18 Å². The minimum Gasteiger partial charge on any atom is -0.478 e. The molecule has 0 saturated heterocycles. The van der Waals surface area contributed by atoms with Crippen LogP contribution in [0.3, 0.4) is 0 Å². The number of aromatic carboxylic acids is 1. The van der Waals surface area contributed by atoms with E-state index in [0.717, 1.165) is 16.8 Å². The van der Waals surface area contributed by atoms with Gasteiger partial charge in [0.15, 0.2) is 0 Å². The molecule has 0 fully saturated rings. The number of nitrogens with zero attached hydrogens (tertiary/aromatic N) is 1. The molecule has 0 atom stereocenters. The predicted octanol–water partition coefficient (Wildman–Crippen LogP) is 5.01. The van der Waals surface area contributed by atoms with Crippen molar-refractivity contribution in [3.63, 3.8) is 0 Å². The second-order valence-corrected chi connectivity index (χ2v) is 5.77. The Hall–Kier alpha value is -2.46. The highest BCUT2D eigenvalue weighted by molar-refractivity contribution is 6.33. The standard InChI is InChI=1S/C18H13ClFNO2/c1-9-10(2)21-16-6-3-11(18(22)23)7-14(16)17(9)13-5-4-12(20)8-15(13)19/h3-8H,1-2H3,(H,22,23). The molecule has 0 bridgehead atoms. The molecule has 0 aliphatic rings. The van der Waals surface area contributed by atoms with Crippen molar-refractivity contribution < 1.29 is 14.3 Å². The number of aromatic nitrogens is 1. The highest BCUT2D eigenvalue weighted by Crippen LogP contribution is 2.37. The van der Waals surface area contributed by atoms with Gasteiger partial charge in [-0.2, -0.15) is 0 Å². The molecule has 0 aliphatic heterocycles. The van der Waals surface area contributed by atoms with Gasteiger partial charge in [0.1, 0.15) is 5.82 Å². The Kier molecular flexibility index (Phi) is 3.78. The van der Waals surface area contributed by atoms with Gasteiger partial charge in [-0.05, 0) is 61.4 Å². The van der Waals surface area contributed by atoms with E-state index in [1.54, 1.807) is 18.2 Å². The Morgan fingerprint density at radius 3 is 2.57 bits per heavy atom. The van der Waals surface area contributed by atoms with E-state index < -0.39 is 11.8 Å². The van der Waals surface area contributed by atoms with Crippen LogP contribution in [0.2, 0.25) is 5.02 Å². The summed E-state index contributed by atoms with van der Waals surface area (Å²) >= 11 is 6.21. The van der Waals surface area contributed by atoms with E-state index in [2.05, 4.69) is 4.98 Å². The summed E-state index contributed by atoms with van der Waals surface area (Å²) in [7, 11) is 0. The molecule has 3 rings (SSSR count). The Morgan fingerprint density at radius 1 is 1.17 bits per heavy atom. The van der Waals surface area contributed by atoms with Crippen molar-refractivity contribution in [1.82, 2.24) is 4.98 Å². The van der Waals surface area contributed by atoms with Crippen molar-refractivity contribution in [3.8, 4) is 11.1 Å². The monoisotopic (exact) mass is 329 g/mol. The van der Waals surface area contributed by atoms with Crippen LogP contribution in [0.5, 0.6) is 0 Å². The van der Waals surface area contributed by atoms with Gasteiger partial charge in [-0.3, -0.25) is 4.98 Å². The Balaban J connectivity index is 2.43. The molecule has 0 radical (unpaired) electrons. The van der Waals surface area contributed by atoms with E-state index >= 15 is 0 Å². The summed E-state index contributed by atoms with van der Waals surface area (Å²) in [5, 5.41) is 10.2. The third kappa shape index (κ3) is 2.66. The van der Waals surface area contributed by atoms with E-state index in [4.69, 9.17) is 11.6 Å². The highest BCUT2D eigenvalue weighted by atomic mass is 35.5. The van der Waals surface area contributed by atoms with Crippen molar-refractivity contribution in [2.75, 3.05) is 0 Å². The SMILES string of the molecule is Cc1nc2ccc(C(=O)O)cc2c(-c2ccc(F)cc2Cl)c1C. The number of fused-ring (bicyclic) bond motifs is 1. The van der Waals surface area contributed by atoms with E-state index in [9.17, 15) is 14.3 Å². The van der Waals surface area contributed by atoms with E-state index in [0.29, 0.717) is 16.5 Å². The van der Waals surface area contributed by atoms with Gasteiger partial charge in [0.25, 0.3) is 0 Å². The first-order valence-corrected chi connectivity index (χ1v) is 7.36. The minimum absolute atomic E-state index is 0.169. The molecular weight excluding hydrogens is 317 g/mol. The number of pyridine rings is 1. The lowest BCUT2D eigenvalue weighted by atomic mass is 9.94. The molecule has 3 nitrogen and oxygen atoms in total. The van der Waals surface area contributed by atoms with Crippen LogP contribution in [0.25, 0.3) is 22.0 Å². The maximum absolute atomic E-state index is 13.4. The van der Waals surface area contributed by atoms with Crippen LogP contribution in [-0.4, -0.2) is 16.1 Å². The number of hydrogen-bond donors (Lipinski definition) is 1. The zero-order valence-electron chi connectivity index (χ0n) is 12.5. The summed E-state index contributed by atoms with van der Waals surface area (Å²) in [5.41, 5.74) is 3.98. The summed E-state index contributed by atoms with van der Waals surface area (Å²) in [6.45, 7) is 3.77. The van der Waals surface area contributed by atoms with Gasteiger partial charge in [-0.1, -0.05) is 11.6 Å². The first-order valence-electron chi connectivity index (χ1n) is 6.98. The van der Waals surface area contributed by atoms with Crippen molar-refractivity contribution in [2.24, 2.45) is 0 Å². The Bertz CT molecular complexity index is 953. The molecule has 2 aromatic carbocycles. The molecule has 0 amide bonds. The first kappa shape index (κ1) is 15.4. The molecule has 116 valence electrons. The molecular formula is C18H13ClFNO2. The molecule has 23 heavy (non-hydrogen) atoms. The van der Waals surface area contributed by atoms with Crippen molar-refractivity contribution in [2.45, 2.75) is 13.8 Å².